The molecule has 3 N–H and O–H groups in total. The Morgan fingerprint density at radius 2 is 2.11 bits per heavy atom. The standard InChI is InChI=1S/C17H16ClN5O2S3/c1-10-4-5-11(7-13(10)18)20-16-22-23-17(28-16)27-9-14(24)21-15(25)19-8-12-3-2-6-26-12/h2-7H,8-9H2,1H3,(H,20,22)(H2,19,21,24,25). The Bertz CT molecular complexity index is 962. The number of nitrogens with one attached hydrogen (secondary N) is 3. The predicted molar refractivity (Wildman–Crippen MR) is 115 cm³/mol. The summed E-state index contributed by atoms with van der Waals surface area (Å²) in [4.78, 5) is 24.6. The minimum atomic E-state index is -0.519. The average Bonchev–Trinajstić information content (AvgIpc) is 3.33. The van der Waals surface area contributed by atoms with E-state index >= 15 is 0 Å². The molecule has 0 unspecified atom stereocenters. The van der Waals surface area contributed by atoms with Crippen LogP contribution in [0.3, 0.4) is 0 Å². The molecule has 0 atom stereocenters. The number of hydrogen-bond donors (Lipinski definition) is 3. The number of aromatic nitrogens is 2. The van der Waals surface area contributed by atoms with Crippen LogP contribution in [0.2, 0.25) is 5.02 Å². The van der Waals surface area contributed by atoms with Gasteiger partial charge in [-0.1, -0.05) is 46.8 Å². The Hall–Kier alpha value is -2.14. The normalized spacial score (nSPS) is 10.5. The van der Waals surface area contributed by atoms with E-state index in [1.54, 1.807) is 0 Å². The minimum Gasteiger partial charge on any atom is -0.333 e. The number of urea groups is 1. The van der Waals surface area contributed by atoms with Gasteiger partial charge in [0.15, 0.2) is 4.34 Å². The molecule has 2 heterocycles. The zero-order valence-electron chi connectivity index (χ0n) is 14.7. The van der Waals surface area contributed by atoms with Crippen molar-refractivity contribution in [2.75, 3.05) is 11.1 Å². The number of rotatable bonds is 7. The van der Waals surface area contributed by atoms with Crippen molar-refractivity contribution in [2.24, 2.45) is 0 Å². The van der Waals surface area contributed by atoms with E-state index in [1.165, 1.54) is 34.4 Å². The van der Waals surface area contributed by atoms with Crippen molar-refractivity contribution >= 4 is 68.8 Å². The van der Waals surface area contributed by atoms with Crippen molar-refractivity contribution in [3.05, 3.63) is 51.2 Å². The fourth-order valence-corrected chi connectivity index (χ4v) is 4.42. The topological polar surface area (TPSA) is 96.0 Å². The monoisotopic (exact) mass is 453 g/mol. The number of amides is 3. The first kappa shape index (κ1) is 20.6. The molecule has 0 radical (unpaired) electrons. The maximum Gasteiger partial charge on any atom is 0.321 e. The van der Waals surface area contributed by atoms with Crippen LogP contribution in [-0.4, -0.2) is 27.9 Å². The van der Waals surface area contributed by atoms with E-state index in [0.29, 0.717) is 21.0 Å². The minimum absolute atomic E-state index is 0.0669. The summed E-state index contributed by atoms with van der Waals surface area (Å²) >= 11 is 10.2. The number of thioether (sulfide) groups is 1. The van der Waals surface area contributed by atoms with Crippen molar-refractivity contribution in [2.45, 2.75) is 17.8 Å². The highest BCUT2D eigenvalue weighted by atomic mass is 35.5. The van der Waals surface area contributed by atoms with Crippen LogP contribution < -0.4 is 16.0 Å². The van der Waals surface area contributed by atoms with E-state index in [4.69, 9.17) is 11.6 Å². The first-order chi connectivity index (χ1) is 13.5. The molecule has 0 bridgehead atoms. The number of thiophene rings is 1. The van der Waals surface area contributed by atoms with E-state index in [1.807, 2.05) is 42.6 Å². The van der Waals surface area contributed by atoms with Crippen LogP contribution in [0.1, 0.15) is 10.4 Å². The Morgan fingerprint density at radius 3 is 2.86 bits per heavy atom. The van der Waals surface area contributed by atoms with Gasteiger partial charge in [0.05, 0.1) is 12.3 Å². The summed E-state index contributed by atoms with van der Waals surface area (Å²) in [6, 6.07) is 8.92. The van der Waals surface area contributed by atoms with Crippen molar-refractivity contribution < 1.29 is 9.59 Å². The van der Waals surface area contributed by atoms with Gasteiger partial charge in [-0.3, -0.25) is 10.1 Å². The molecule has 3 rings (SSSR count). The molecule has 2 aromatic heterocycles. The smallest absolute Gasteiger partial charge is 0.321 e. The molecule has 0 fully saturated rings. The van der Waals surface area contributed by atoms with Gasteiger partial charge < -0.3 is 10.6 Å². The quantitative estimate of drug-likeness (QED) is 0.458. The average molecular weight is 454 g/mol. The second-order valence-corrected chi connectivity index (χ2v) is 9.20. The first-order valence-corrected chi connectivity index (χ1v) is 11.1. The Labute approximate surface area is 178 Å². The van der Waals surface area contributed by atoms with Crippen LogP contribution in [0, 0.1) is 6.92 Å². The summed E-state index contributed by atoms with van der Waals surface area (Å²) in [5.41, 5.74) is 1.80. The van der Waals surface area contributed by atoms with Crippen LogP contribution in [0.5, 0.6) is 0 Å². The number of aryl methyl sites for hydroxylation is 1. The van der Waals surface area contributed by atoms with E-state index in [-0.39, 0.29) is 5.75 Å². The fraction of sp³-hybridized carbons (Fsp3) is 0.176. The lowest BCUT2D eigenvalue weighted by atomic mass is 10.2. The molecular formula is C17H16ClN5O2S3. The zero-order valence-corrected chi connectivity index (χ0v) is 17.9. The molecule has 0 aliphatic rings. The van der Waals surface area contributed by atoms with Gasteiger partial charge >= 0.3 is 6.03 Å². The number of hydrogen-bond acceptors (Lipinski definition) is 8. The number of benzene rings is 1. The number of anilines is 2. The van der Waals surface area contributed by atoms with E-state index < -0.39 is 11.9 Å². The number of halogens is 1. The van der Waals surface area contributed by atoms with Gasteiger partial charge in [-0.2, -0.15) is 0 Å². The summed E-state index contributed by atoms with van der Waals surface area (Å²) in [6.07, 6.45) is 0. The summed E-state index contributed by atoms with van der Waals surface area (Å²) in [5.74, 6) is -0.332. The number of imide groups is 1. The van der Waals surface area contributed by atoms with Gasteiger partial charge in [0.1, 0.15) is 0 Å². The van der Waals surface area contributed by atoms with E-state index in [2.05, 4.69) is 26.1 Å². The molecule has 0 aliphatic carbocycles. The zero-order chi connectivity index (χ0) is 19.9. The highest BCUT2D eigenvalue weighted by Crippen LogP contribution is 2.29. The molecule has 0 saturated heterocycles. The molecule has 28 heavy (non-hydrogen) atoms. The molecule has 0 aliphatic heterocycles. The van der Waals surface area contributed by atoms with Crippen LogP contribution in [0.15, 0.2) is 40.1 Å². The highest BCUT2D eigenvalue weighted by molar-refractivity contribution is 8.01. The van der Waals surface area contributed by atoms with Crippen molar-refractivity contribution in [1.29, 1.82) is 0 Å². The second kappa shape index (κ2) is 9.87. The molecule has 3 amide bonds. The van der Waals surface area contributed by atoms with E-state index in [9.17, 15) is 9.59 Å². The molecule has 0 saturated carbocycles. The molecule has 0 spiro atoms. The third-order valence-corrected chi connectivity index (χ3v) is 6.67. The Kier molecular flexibility index (Phi) is 7.26. The van der Waals surface area contributed by atoms with Gasteiger partial charge in [0, 0.05) is 15.6 Å². The van der Waals surface area contributed by atoms with Crippen molar-refractivity contribution in [3.63, 3.8) is 0 Å². The third-order valence-electron chi connectivity index (χ3n) is 3.41. The van der Waals surface area contributed by atoms with Crippen LogP contribution in [0.4, 0.5) is 15.6 Å². The summed E-state index contributed by atoms with van der Waals surface area (Å²) < 4.78 is 0.620. The molecule has 11 heteroatoms. The fourth-order valence-electron chi connectivity index (χ4n) is 2.03. The van der Waals surface area contributed by atoms with Crippen molar-refractivity contribution in [3.8, 4) is 0 Å². The number of carbonyl (C=O) groups is 2. The Morgan fingerprint density at radius 1 is 1.25 bits per heavy atom. The number of nitrogens with zero attached hydrogens (tertiary/aromatic N) is 2. The van der Waals surface area contributed by atoms with Gasteiger partial charge in [-0.15, -0.1) is 21.5 Å². The molecule has 1 aromatic carbocycles. The maximum atomic E-state index is 11.9. The maximum absolute atomic E-state index is 11.9. The SMILES string of the molecule is Cc1ccc(Nc2nnc(SCC(=O)NC(=O)NCc3cccs3)s2)cc1Cl. The highest BCUT2D eigenvalue weighted by Gasteiger charge is 2.11. The summed E-state index contributed by atoms with van der Waals surface area (Å²) in [5, 5.41) is 19.3. The second-order valence-electron chi connectivity index (χ2n) is 5.56. The summed E-state index contributed by atoms with van der Waals surface area (Å²) in [7, 11) is 0. The van der Waals surface area contributed by atoms with Crippen molar-refractivity contribution in [1.82, 2.24) is 20.8 Å². The lowest BCUT2D eigenvalue weighted by molar-refractivity contribution is -0.117. The number of carbonyl (C=O) groups excluding carboxylic acids is 2. The van der Waals surface area contributed by atoms with Gasteiger partial charge in [0.25, 0.3) is 0 Å². The molecular weight excluding hydrogens is 438 g/mol. The Balaban J connectivity index is 1.42. The third kappa shape index (κ3) is 6.20. The van der Waals surface area contributed by atoms with E-state index in [0.717, 1.165) is 16.1 Å². The lowest BCUT2D eigenvalue weighted by Crippen LogP contribution is -2.39. The molecule has 7 nitrogen and oxygen atoms in total. The first-order valence-electron chi connectivity index (χ1n) is 8.09. The lowest BCUT2D eigenvalue weighted by Gasteiger charge is -2.05. The molecule has 3 aromatic rings. The van der Waals surface area contributed by atoms with Crippen LogP contribution >= 0.6 is 46.0 Å². The van der Waals surface area contributed by atoms with Gasteiger partial charge in [-0.05, 0) is 36.1 Å². The van der Waals surface area contributed by atoms with Crippen LogP contribution in [-0.2, 0) is 11.3 Å². The predicted octanol–water partition coefficient (Wildman–Crippen LogP) is 4.42. The molecule has 146 valence electrons. The van der Waals surface area contributed by atoms with Gasteiger partial charge in [0.2, 0.25) is 11.0 Å². The largest absolute Gasteiger partial charge is 0.333 e. The van der Waals surface area contributed by atoms with Gasteiger partial charge in [-0.25, -0.2) is 4.79 Å². The van der Waals surface area contributed by atoms with Crippen LogP contribution in [0.25, 0.3) is 0 Å². The summed E-state index contributed by atoms with van der Waals surface area (Å²) in [6.45, 7) is 2.32.